The summed E-state index contributed by atoms with van der Waals surface area (Å²) in [6, 6.07) is 37.6. The molecule has 2 unspecified atom stereocenters. The Kier molecular flexibility index (Phi) is 5.88. The summed E-state index contributed by atoms with van der Waals surface area (Å²) in [5.41, 5.74) is 9.15. The van der Waals surface area contributed by atoms with Gasteiger partial charge in [-0.15, -0.1) is 0 Å². The first-order valence-corrected chi connectivity index (χ1v) is 12.7. The van der Waals surface area contributed by atoms with Crippen molar-refractivity contribution in [2.24, 2.45) is 0 Å². The van der Waals surface area contributed by atoms with Gasteiger partial charge in [0.25, 0.3) is 0 Å². The molecule has 0 bridgehead atoms. The molecule has 1 aliphatic carbocycles. The van der Waals surface area contributed by atoms with E-state index in [2.05, 4.69) is 114 Å². The standard InChI is InChI=1S/C33H31NO/c1-35-28-19-17-27(18-20-28)34-32-15-9-8-14-29(32)31-23-24(16-21-33(31)34)22-30(25-10-4-2-5-11-25)26-12-6-3-7-13-26/h2-7,10-13,16-23,29,32H,8-9,14-15H2,1H3. The smallest absolute Gasteiger partial charge is 0.119 e. The van der Waals surface area contributed by atoms with Crippen LogP contribution in [0.2, 0.25) is 0 Å². The van der Waals surface area contributed by atoms with Crippen molar-refractivity contribution in [1.29, 1.82) is 0 Å². The Hall–Kier alpha value is -3.78. The lowest BCUT2D eigenvalue weighted by Gasteiger charge is -2.33. The average molecular weight is 458 g/mol. The van der Waals surface area contributed by atoms with Gasteiger partial charge >= 0.3 is 0 Å². The highest BCUT2D eigenvalue weighted by molar-refractivity contribution is 5.92. The van der Waals surface area contributed by atoms with E-state index in [0.717, 1.165) is 5.75 Å². The van der Waals surface area contributed by atoms with Crippen LogP contribution in [0.1, 0.15) is 53.9 Å². The second-order valence-electron chi connectivity index (χ2n) is 9.63. The first kappa shape index (κ1) is 21.7. The molecule has 174 valence electrons. The van der Waals surface area contributed by atoms with Crippen molar-refractivity contribution in [3.05, 3.63) is 125 Å². The fourth-order valence-corrected chi connectivity index (χ4v) is 5.95. The van der Waals surface area contributed by atoms with Crippen LogP contribution in [-0.2, 0) is 0 Å². The van der Waals surface area contributed by atoms with Crippen molar-refractivity contribution < 1.29 is 4.74 Å². The lowest BCUT2D eigenvalue weighted by atomic mass is 9.82. The zero-order valence-corrected chi connectivity index (χ0v) is 20.2. The zero-order valence-electron chi connectivity index (χ0n) is 20.2. The minimum absolute atomic E-state index is 0.536. The van der Waals surface area contributed by atoms with Gasteiger partial charge in [0.05, 0.1) is 7.11 Å². The number of benzene rings is 4. The highest BCUT2D eigenvalue weighted by Crippen LogP contribution is 2.51. The summed E-state index contributed by atoms with van der Waals surface area (Å²) in [5.74, 6) is 1.49. The van der Waals surface area contributed by atoms with Gasteiger partial charge in [0.15, 0.2) is 0 Å². The van der Waals surface area contributed by atoms with E-state index in [0.29, 0.717) is 12.0 Å². The Morgan fingerprint density at radius 1 is 0.771 bits per heavy atom. The number of ether oxygens (including phenoxy) is 1. The third kappa shape index (κ3) is 4.14. The molecule has 0 radical (unpaired) electrons. The molecule has 35 heavy (non-hydrogen) atoms. The van der Waals surface area contributed by atoms with E-state index < -0.39 is 0 Å². The summed E-state index contributed by atoms with van der Waals surface area (Å²) >= 11 is 0. The first-order chi connectivity index (χ1) is 17.3. The topological polar surface area (TPSA) is 12.5 Å². The molecule has 1 aliphatic heterocycles. The van der Waals surface area contributed by atoms with Gasteiger partial charge in [0, 0.05) is 23.3 Å². The summed E-state index contributed by atoms with van der Waals surface area (Å²) in [6.45, 7) is 0. The van der Waals surface area contributed by atoms with Crippen molar-refractivity contribution in [2.45, 2.75) is 37.6 Å². The molecule has 2 aliphatic rings. The maximum absolute atomic E-state index is 5.41. The highest BCUT2D eigenvalue weighted by Gasteiger charge is 2.40. The Balaban J connectivity index is 1.44. The van der Waals surface area contributed by atoms with Crippen molar-refractivity contribution >= 4 is 23.0 Å². The Bertz CT molecular complexity index is 1280. The quantitative estimate of drug-likeness (QED) is 0.279. The molecule has 1 heterocycles. The lowest BCUT2D eigenvalue weighted by Crippen LogP contribution is -2.32. The fraction of sp³-hybridized carbons (Fsp3) is 0.212. The number of methoxy groups -OCH3 is 1. The Labute approximate surface area is 208 Å². The van der Waals surface area contributed by atoms with Gasteiger partial charge in [-0.05, 0) is 83.1 Å². The number of fused-ring (bicyclic) bond motifs is 3. The molecule has 0 spiro atoms. The van der Waals surface area contributed by atoms with Gasteiger partial charge < -0.3 is 9.64 Å². The largest absolute Gasteiger partial charge is 0.497 e. The van der Waals surface area contributed by atoms with E-state index in [9.17, 15) is 0 Å². The van der Waals surface area contributed by atoms with E-state index in [-0.39, 0.29) is 0 Å². The van der Waals surface area contributed by atoms with Gasteiger partial charge in [-0.1, -0.05) is 79.6 Å². The summed E-state index contributed by atoms with van der Waals surface area (Å²) < 4.78 is 5.41. The number of anilines is 2. The molecule has 0 amide bonds. The fourth-order valence-electron chi connectivity index (χ4n) is 5.95. The van der Waals surface area contributed by atoms with Crippen molar-refractivity contribution in [3.8, 4) is 5.75 Å². The predicted octanol–water partition coefficient (Wildman–Crippen LogP) is 8.46. The molecule has 4 aromatic carbocycles. The van der Waals surface area contributed by atoms with Gasteiger partial charge in [-0.25, -0.2) is 0 Å². The Morgan fingerprint density at radius 2 is 1.43 bits per heavy atom. The maximum atomic E-state index is 5.41. The second-order valence-corrected chi connectivity index (χ2v) is 9.63. The minimum atomic E-state index is 0.536. The van der Waals surface area contributed by atoms with E-state index in [4.69, 9.17) is 4.74 Å². The molecule has 2 atom stereocenters. The van der Waals surface area contributed by atoms with Crippen LogP contribution in [0.25, 0.3) is 11.6 Å². The van der Waals surface area contributed by atoms with Gasteiger partial charge in [-0.3, -0.25) is 0 Å². The summed E-state index contributed by atoms with van der Waals surface area (Å²) in [4.78, 5) is 2.58. The van der Waals surface area contributed by atoms with E-state index in [1.165, 1.54) is 64.9 Å². The predicted molar refractivity (Wildman–Crippen MR) is 146 cm³/mol. The molecular weight excluding hydrogens is 426 g/mol. The van der Waals surface area contributed by atoms with E-state index in [1.807, 2.05) is 0 Å². The SMILES string of the molecule is COc1ccc(N2c3ccc(C=C(c4ccccc4)c4ccccc4)cc3C3CCCCC32)cc1. The van der Waals surface area contributed by atoms with Crippen LogP contribution in [-0.4, -0.2) is 13.2 Å². The summed E-state index contributed by atoms with van der Waals surface area (Å²) in [6.07, 6.45) is 7.49. The first-order valence-electron chi connectivity index (χ1n) is 12.7. The van der Waals surface area contributed by atoms with Crippen LogP contribution in [0, 0.1) is 0 Å². The third-order valence-corrected chi connectivity index (χ3v) is 7.60. The normalized spacial score (nSPS) is 18.5. The van der Waals surface area contributed by atoms with Crippen LogP contribution in [0.5, 0.6) is 5.75 Å². The molecule has 0 saturated heterocycles. The number of rotatable bonds is 5. The molecular formula is C33H31NO. The molecule has 1 fully saturated rings. The summed E-state index contributed by atoms with van der Waals surface area (Å²) in [5, 5.41) is 0. The number of hydrogen-bond acceptors (Lipinski definition) is 2. The van der Waals surface area contributed by atoms with E-state index >= 15 is 0 Å². The molecule has 2 nitrogen and oxygen atoms in total. The van der Waals surface area contributed by atoms with Crippen molar-refractivity contribution in [3.63, 3.8) is 0 Å². The van der Waals surface area contributed by atoms with Gasteiger partial charge in [0.2, 0.25) is 0 Å². The molecule has 1 saturated carbocycles. The highest BCUT2D eigenvalue weighted by atomic mass is 16.5. The van der Waals surface area contributed by atoms with Crippen LogP contribution in [0.4, 0.5) is 11.4 Å². The molecule has 6 rings (SSSR count). The monoisotopic (exact) mass is 457 g/mol. The van der Waals surface area contributed by atoms with Gasteiger partial charge in [0.1, 0.15) is 5.75 Å². The van der Waals surface area contributed by atoms with Crippen molar-refractivity contribution in [2.75, 3.05) is 12.0 Å². The molecule has 0 N–H and O–H groups in total. The molecule has 4 aromatic rings. The third-order valence-electron chi connectivity index (χ3n) is 7.60. The maximum Gasteiger partial charge on any atom is 0.119 e. The number of hydrogen-bond donors (Lipinski definition) is 0. The second kappa shape index (κ2) is 9.46. The van der Waals surface area contributed by atoms with Gasteiger partial charge in [-0.2, -0.15) is 0 Å². The van der Waals surface area contributed by atoms with Crippen LogP contribution < -0.4 is 9.64 Å². The van der Waals surface area contributed by atoms with Crippen LogP contribution in [0.3, 0.4) is 0 Å². The van der Waals surface area contributed by atoms with Crippen LogP contribution >= 0.6 is 0 Å². The summed E-state index contributed by atoms with van der Waals surface area (Å²) in [7, 11) is 1.73. The Morgan fingerprint density at radius 3 is 2.09 bits per heavy atom. The van der Waals surface area contributed by atoms with Crippen molar-refractivity contribution in [1.82, 2.24) is 0 Å². The lowest BCUT2D eigenvalue weighted by molar-refractivity contribution is 0.401. The average Bonchev–Trinajstić information content (AvgIpc) is 3.26. The zero-order chi connectivity index (χ0) is 23.6. The van der Waals surface area contributed by atoms with E-state index in [1.54, 1.807) is 7.11 Å². The van der Waals surface area contributed by atoms with Crippen LogP contribution in [0.15, 0.2) is 103 Å². The number of nitrogens with zero attached hydrogens (tertiary/aromatic N) is 1. The molecule has 0 aromatic heterocycles. The molecule has 2 heteroatoms. The minimum Gasteiger partial charge on any atom is -0.497 e.